The molecule has 1 heterocycles. The van der Waals surface area contributed by atoms with Crippen molar-refractivity contribution in [2.24, 2.45) is 0 Å². The van der Waals surface area contributed by atoms with Gasteiger partial charge in [-0.1, -0.05) is 59.1 Å². The summed E-state index contributed by atoms with van der Waals surface area (Å²) in [4.78, 5) is 13.2. The summed E-state index contributed by atoms with van der Waals surface area (Å²) in [6, 6.07) is 17.9. The Kier molecular flexibility index (Phi) is 9.92. The minimum absolute atomic E-state index is 0.0759. The van der Waals surface area contributed by atoms with Gasteiger partial charge in [0.2, 0.25) is 26.0 Å². The fourth-order valence-electron chi connectivity index (χ4n) is 4.39. The molecule has 3 aromatic rings. The van der Waals surface area contributed by atoms with Crippen LogP contribution in [-0.4, -0.2) is 57.5 Å². The molecule has 0 radical (unpaired) electrons. The average molecular weight is 625 g/mol. The van der Waals surface area contributed by atoms with Gasteiger partial charge in [0.25, 0.3) is 0 Å². The van der Waals surface area contributed by atoms with Crippen LogP contribution in [0.5, 0.6) is 0 Å². The number of amides is 1. The van der Waals surface area contributed by atoms with E-state index in [1.807, 2.05) is 6.92 Å². The minimum Gasteiger partial charge on any atom is -0.355 e. The molecular formula is C28H31Cl2N3O5S2. The third-order valence-electron chi connectivity index (χ3n) is 6.68. The first-order chi connectivity index (χ1) is 19.0. The van der Waals surface area contributed by atoms with Crippen molar-refractivity contribution in [1.29, 1.82) is 0 Å². The fourth-order valence-corrected chi connectivity index (χ4v) is 7.62. The number of nitrogens with zero attached hydrogens (tertiary/aromatic N) is 2. The highest BCUT2D eigenvalue weighted by molar-refractivity contribution is 7.89. The molecule has 1 fully saturated rings. The van der Waals surface area contributed by atoms with E-state index in [-0.39, 0.29) is 27.9 Å². The van der Waals surface area contributed by atoms with Crippen molar-refractivity contribution >= 4 is 49.2 Å². The number of carbonyl (C=O) groups excluding carboxylic acids is 1. The van der Waals surface area contributed by atoms with Gasteiger partial charge in [0.1, 0.15) is 0 Å². The summed E-state index contributed by atoms with van der Waals surface area (Å²) in [6.45, 7) is 2.71. The first kappa shape index (κ1) is 30.5. The van der Waals surface area contributed by atoms with E-state index in [1.54, 1.807) is 54.6 Å². The summed E-state index contributed by atoms with van der Waals surface area (Å²) in [7, 11) is -7.49. The van der Waals surface area contributed by atoms with Crippen molar-refractivity contribution in [3.05, 3.63) is 93.5 Å². The van der Waals surface area contributed by atoms with E-state index in [1.165, 1.54) is 16.4 Å². The Hall–Kier alpha value is -2.47. The molecule has 12 heteroatoms. The van der Waals surface area contributed by atoms with Gasteiger partial charge in [0.15, 0.2) is 0 Å². The van der Waals surface area contributed by atoms with Crippen LogP contribution >= 0.6 is 23.2 Å². The highest BCUT2D eigenvalue weighted by Crippen LogP contribution is 2.25. The Morgan fingerprint density at radius 1 is 0.850 bits per heavy atom. The summed E-state index contributed by atoms with van der Waals surface area (Å²) in [5.74, 6) is -0.469. The maximum atomic E-state index is 13.5. The maximum absolute atomic E-state index is 13.5. The van der Waals surface area contributed by atoms with E-state index in [0.717, 1.165) is 28.3 Å². The van der Waals surface area contributed by atoms with Crippen molar-refractivity contribution in [3.63, 3.8) is 0 Å². The zero-order chi connectivity index (χ0) is 28.9. The second kappa shape index (κ2) is 13.0. The molecule has 214 valence electrons. The lowest BCUT2D eigenvalue weighted by Gasteiger charge is -2.22. The van der Waals surface area contributed by atoms with Crippen LogP contribution in [0.25, 0.3) is 0 Å². The smallest absolute Gasteiger partial charge is 0.243 e. The molecule has 0 spiro atoms. The first-order valence-electron chi connectivity index (χ1n) is 12.8. The van der Waals surface area contributed by atoms with E-state index in [4.69, 9.17) is 23.2 Å². The lowest BCUT2D eigenvalue weighted by Crippen LogP contribution is -2.40. The van der Waals surface area contributed by atoms with Crippen molar-refractivity contribution in [3.8, 4) is 0 Å². The molecule has 8 nitrogen and oxygen atoms in total. The normalized spacial score (nSPS) is 14.5. The molecule has 1 amide bonds. The molecular weight excluding hydrogens is 593 g/mol. The third kappa shape index (κ3) is 7.43. The monoisotopic (exact) mass is 623 g/mol. The van der Waals surface area contributed by atoms with Gasteiger partial charge in [-0.05, 0) is 73.7 Å². The molecule has 1 N–H and O–H groups in total. The molecule has 1 saturated heterocycles. The zero-order valence-corrected chi connectivity index (χ0v) is 25.2. The predicted octanol–water partition coefficient (Wildman–Crippen LogP) is 4.64. The van der Waals surface area contributed by atoms with Gasteiger partial charge < -0.3 is 5.32 Å². The summed E-state index contributed by atoms with van der Waals surface area (Å²) in [6.07, 6.45) is 2.19. The molecule has 0 atom stereocenters. The molecule has 1 aliphatic heterocycles. The zero-order valence-electron chi connectivity index (χ0n) is 22.0. The number of halogens is 2. The highest BCUT2D eigenvalue weighted by atomic mass is 35.5. The van der Waals surface area contributed by atoms with Gasteiger partial charge in [-0.25, -0.2) is 16.8 Å². The van der Waals surface area contributed by atoms with Gasteiger partial charge in [-0.2, -0.15) is 8.61 Å². The van der Waals surface area contributed by atoms with Crippen LogP contribution in [0.15, 0.2) is 76.5 Å². The molecule has 0 aromatic heterocycles. The quantitative estimate of drug-likeness (QED) is 0.335. The lowest BCUT2D eigenvalue weighted by molar-refractivity contribution is -0.121. The number of hydrogen-bond donors (Lipinski definition) is 1. The summed E-state index contributed by atoms with van der Waals surface area (Å²) < 4.78 is 55.0. The molecule has 3 aromatic carbocycles. The maximum Gasteiger partial charge on any atom is 0.243 e. The molecule has 0 saturated carbocycles. The Morgan fingerprint density at radius 3 is 2.08 bits per heavy atom. The van der Waals surface area contributed by atoms with Crippen LogP contribution in [0.2, 0.25) is 10.0 Å². The van der Waals surface area contributed by atoms with E-state index in [9.17, 15) is 21.6 Å². The summed E-state index contributed by atoms with van der Waals surface area (Å²) in [5, 5.41) is 3.40. The van der Waals surface area contributed by atoms with Crippen LogP contribution in [0, 0.1) is 6.92 Å². The van der Waals surface area contributed by atoms with Crippen LogP contribution < -0.4 is 5.32 Å². The van der Waals surface area contributed by atoms with Gasteiger partial charge in [0.05, 0.1) is 26.4 Å². The van der Waals surface area contributed by atoms with Crippen LogP contribution in [-0.2, 0) is 37.8 Å². The SMILES string of the molecule is Cc1ccc(S(=O)(=O)N(CC(=O)NCCc2ccc(S(=O)(=O)N3CCCC3)cc2)Cc2ccc(Cl)c(Cl)c2)cc1. The molecule has 4 rings (SSSR count). The number of aryl methyl sites for hydroxylation is 1. The molecule has 1 aliphatic rings. The predicted molar refractivity (Wildman–Crippen MR) is 156 cm³/mol. The lowest BCUT2D eigenvalue weighted by atomic mass is 10.1. The van der Waals surface area contributed by atoms with E-state index in [2.05, 4.69) is 5.32 Å². The van der Waals surface area contributed by atoms with E-state index >= 15 is 0 Å². The number of sulfonamides is 2. The fraction of sp³-hybridized carbons (Fsp3) is 0.321. The largest absolute Gasteiger partial charge is 0.355 e. The van der Waals surface area contributed by atoms with Gasteiger partial charge in [-0.3, -0.25) is 4.79 Å². The third-order valence-corrected chi connectivity index (χ3v) is 11.1. The number of nitrogens with one attached hydrogen (secondary N) is 1. The minimum atomic E-state index is -4.00. The number of carbonyl (C=O) groups is 1. The number of benzene rings is 3. The van der Waals surface area contributed by atoms with Crippen molar-refractivity contribution in [2.75, 3.05) is 26.2 Å². The Bertz CT molecular complexity index is 1560. The van der Waals surface area contributed by atoms with Crippen molar-refractivity contribution < 1.29 is 21.6 Å². The molecule has 0 unspecified atom stereocenters. The Morgan fingerprint density at radius 2 is 1.45 bits per heavy atom. The number of hydrogen-bond acceptors (Lipinski definition) is 5. The van der Waals surface area contributed by atoms with Crippen LogP contribution in [0.1, 0.15) is 29.5 Å². The summed E-state index contributed by atoms with van der Waals surface area (Å²) in [5.41, 5.74) is 2.34. The van der Waals surface area contributed by atoms with E-state index in [0.29, 0.717) is 30.1 Å². The molecule has 40 heavy (non-hydrogen) atoms. The van der Waals surface area contributed by atoms with Crippen molar-refractivity contribution in [2.45, 2.75) is 42.5 Å². The van der Waals surface area contributed by atoms with Gasteiger partial charge in [-0.15, -0.1) is 0 Å². The molecule has 0 aliphatic carbocycles. The van der Waals surface area contributed by atoms with Crippen molar-refractivity contribution in [1.82, 2.24) is 13.9 Å². The highest BCUT2D eigenvalue weighted by Gasteiger charge is 2.28. The first-order valence-corrected chi connectivity index (χ1v) is 16.5. The topological polar surface area (TPSA) is 104 Å². The van der Waals surface area contributed by atoms with Gasteiger partial charge in [0, 0.05) is 26.2 Å². The van der Waals surface area contributed by atoms with Gasteiger partial charge >= 0.3 is 0 Å². The standard InChI is InChI=1S/C28H31Cl2N3O5S2/c1-21-4-9-24(10-5-21)40(37,38)33(19-23-8-13-26(29)27(30)18-23)20-28(34)31-15-14-22-6-11-25(12-7-22)39(35,36)32-16-2-3-17-32/h4-13,18H,2-3,14-17,19-20H2,1H3,(H,31,34). The van der Waals surface area contributed by atoms with E-state index < -0.39 is 32.5 Å². The Labute approximate surface area is 246 Å². The van der Waals surface area contributed by atoms with Crippen LogP contribution in [0.3, 0.4) is 0 Å². The average Bonchev–Trinajstić information content (AvgIpc) is 3.47. The number of rotatable bonds is 11. The molecule has 0 bridgehead atoms. The van der Waals surface area contributed by atoms with Crippen LogP contribution in [0.4, 0.5) is 0 Å². The second-order valence-electron chi connectivity index (χ2n) is 9.69. The second-order valence-corrected chi connectivity index (χ2v) is 14.4. The summed E-state index contributed by atoms with van der Waals surface area (Å²) >= 11 is 12.1. The Balaban J connectivity index is 1.41.